The van der Waals surface area contributed by atoms with Crippen molar-refractivity contribution < 1.29 is 17.9 Å². The van der Waals surface area contributed by atoms with E-state index in [4.69, 9.17) is 16.3 Å². The summed E-state index contributed by atoms with van der Waals surface area (Å²) in [6.45, 7) is 1.83. The summed E-state index contributed by atoms with van der Waals surface area (Å²) in [6, 6.07) is 11.6. The molecule has 1 atom stereocenters. The van der Waals surface area contributed by atoms with Crippen LogP contribution in [0.15, 0.2) is 53.4 Å². The third kappa shape index (κ3) is 5.32. The Kier molecular flexibility index (Phi) is 7.01. The Labute approximate surface area is 164 Å². The minimum atomic E-state index is -3.69. The smallest absolute Gasteiger partial charge is 0.244 e. The van der Waals surface area contributed by atoms with Crippen molar-refractivity contribution in [1.29, 1.82) is 0 Å². The van der Waals surface area contributed by atoms with E-state index >= 15 is 0 Å². The van der Waals surface area contributed by atoms with Crippen molar-refractivity contribution in [2.75, 3.05) is 14.2 Å². The summed E-state index contributed by atoms with van der Waals surface area (Å²) < 4.78 is 31.5. The fourth-order valence-corrected chi connectivity index (χ4v) is 3.68. The number of carbonyl (C=O) groups excluding carboxylic acids is 1. The number of halogens is 1. The Morgan fingerprint density at radius 1 is 1.22 bits per heavy atom. The van der Waals surface area contributed by atoms with E-state index in [-0.39, 0.29) is 22.6 Å². The van der Waals surface area contributed by atoms with E-state index < -0.39 is 10.0 Å². The predicted octanol–water partition coefficient (Wildman–Crippen LogP) is 3.15. The number of amides is 1. The van der Waals surface area contributed by atoms with Gasteiger partial charge in [-0.1, -0.05) is 35.9 Å². The summed E-state index contributed by atoms with van der Waals surface area (Å²) in [7, 11) is -0.974. The van der Waals surface area contributed by atoms with Crippen molar-refractivity contribution in [3.05, 3.63) is 64.7 Å². The minimum absolute atomic E-state index is 0.000469. The third-order valence-corrected chi connectivity index (χ3v) is 5.68. The molecule has 0 aliphatic carbocycles. The fourth-order valence-electron chi connectivity index (χ4n) is 2.45. The number of methoxy groups -OCH3 is 1. The number of hydrogen-bond acceptors (Lipinski definition) is 4. The first kappa shape index (κ1) is 21.0. The van der Waals surface area contributed by atoms with Crippen molar-refractivity contribution in [2.24, 2.45) is 0 Å². The molecule has 0 spiro atoms. The molecule has 1 amide bonds. The first-order valence-electron chi connectivity index (χ1n) is 8.13. The molecule has 0 fully saturated rings. The van der Waals surface area contributed by atoms with Gasteiger partial charge in [0.15, 0.2) is 0 Å². The number of hydrogen-bond donors (Lipinski definition) is 2. The fraction of sp³-hybridized carbons (Fsp3) is 0.211. The van der Waals surface area contributed by atoms with Gasteiger partial charge in [-0.05, 0) is 49.4 Å². The first-order valence-corrected chi connectivity index (χ1v) is 9.99. The van der Waals surface area contributed by atoms with E-state index in [2.05, 4.69) is 10.0 Å². The summed E-state index contributed by atoms with van der Waals surface area (Å²) in [4.78, 5) is 12.2. The van der Waals surface area contributed by atoms with Gasteiger partial charge in [-0.3, -0.25) is 4.79 Å². The Bertz CT molecular complexity index is 958. The number of carbonyl (C=O) groups is 1. The highest BCUT2D eigenvalue weighted by molar-refractivity contribution is 7.89. The summed E-state index contributed by atoms with van der Waals surface area (Å²) >= 11 is 6.13. The number of rotatable bonds is 7. The maximum Gasteiger partial charge on any atom is 0.244 e. The lowest BCUT2D eigenvalue weighted by Gasteiger charge is -2.14. The van der Waals surface area contributed by atoms with Crippen LogP contribution in [0.3, 0.4) is 0 Å². The molecule has 0 radical (unpaired) electrons. The van der Waals surface area contributed by atoms with Crippen LogP contribution < -0.4 is 14.8 Å². The van der Waals surface area contributed by atoms with Crippen LogP contribution in [0.4, 0.5) is 0 Å². The van der Waals surface area contributed by atoms with E-state index in [0.717, 1.165) is 5.56 Å². The van der Waals surface area contributed by atoms with E-state index in [0.29, 0.717) is 10.6 Å². The zero-order valence-electron chi connectivity index (χ0n) is 15.2. The molecule has 144 valence electrons. The molecule has 0 saturated carbocycles. The maximum absolute atomic E-state index is 12.2. The van der Waals surface area contributed by atoms with Gasteiger partial charge in [-0.2, -0.15) is 0 Å². The highest BCUT2D eigenvalue weighted by atomic mass is 35.5. The van der Waals surface area contributed by atoms with Gasteiger partial charge < -0.3 is 10.1 Å². The Morgan fingerprint density at radius 2 is 1.93 bits per heavy atom. The number of ether oxygens (including phenoxy) is 1. The standard InChI is InChI=1S/C19H21ClN2O4S/c1-13(15-6-4-5-7-16(15)20)22-19(23)11-9-14-8-10-17(26-3)18(12-14)27(24,25)21-2/h4-13,21H,1-3H3,(H,22,23)/b11-9+. The SMILES string of the molecule is CNS(=O)(=O)c1cc(/C=C/C(=O)NC(C)c2ccccc2Cl)ccc1OC. The largest absolute Gasteiger partial charge is 0.495 e. The van der Waals surface area contributed by atoms with E-state index in [1.54, 1.807) is 12.1 Å². The van der Waals surface area contributed by atoms with E-state index in [1.807, 2.05) is 25.1 Å². The molecule has 1 unspecified atom stereocenters. The van der Waals surface area contributed by atoms with Crippen LogP contribution in [0.1, 0.15) is 24.1 Å². The molecular formula is C19H21ClN2O4S. The molecule has 2 N–H and O–H groups in total. The molecular weight excluding hydrogens is 388 g/mol. The van der Waals surface area contributed by atoms with Crippen molar-refractivity contribution >= 4 is 33.6 Å². The molecule has 2 aromatic carbocycles. The van der Waals surface area contributed by atoms with Gasteiger partial charge in [0.25, 0.3) is 0 Å². The first-order chi connectivity index (χ1) is 12.8. The molecule has 0 bridgehead atoms. The van der Waals surface area contributed by atoms with E-state index in [9.17, 15) is 13.2 Å². The molecule has 0 aromatic heterocycles. The van der Waals surface area contributed by atoms with E-state index in [1.165, 1.54) is 38.4 Å². The number of benzene rings is 2. The second kappa shape index (κ2) is 9.03. The molecule has 0 heterocycles. The monoisotopic (exact) mass is 408 g/mol. The molecule has 2 rings (SSSR count). The van der Waals surface area contributed by atoms with Crippen LogP contribution in [-0.2, 0) is 14.8 Å². The van der Waals surface area contributed by atoms with Crippen molar-refractivity contribution in [3.63, 3.8) is 0 Å². The molecule has 0 aliphatic heterocycles. The molecule has 8 heteroatoms. The normalized spacial score (nSPS) is 12.7. The van der Waals surface area contributed by atoms with Crippen molar-refractivity contribution in [1.82, 2.24) is 10.0 Å². The average molecular weight is 409 g/mol. The van der Waals surface area contributed by atoms with Gasteiger partial charge in [-0.25, -0.2) is 13.1 Å². The second-order valence-corrected chi connectivity index (χ2v) is 7.97. The van der Waals surface area contributed by atoms with Crippen LogP contribution in [-0.4, -0.2) is 28.5 Å². The summed E-state index contributed by atoms with van der Waals surface area (Å²) in [5.41, 5.74) is 1.36. The van der Waals surface area contributed by atoms with Gasteiger partial charge in [0.1, 0.15) is 10.6 Å². The Hall–Kier alpha value is -2.35. The zero-order valence-corrected chi connectivity index (χ0v) is 16.8. The lowest BCUT2D eigenvalue weighted by atomic mass is 10.1. The molecule has 6 nitrogen and oxygen atoms in total. The Balaban J connectivity index is 2.17. The number of nitrogens with one attached hydrogen (secondary N) is 2. The van der Waals surface area contributed by atoms with Crippen molar-refractivity contribution in [3.8, 4) is 5.75 Å². The molecule has 0 saturated heterocycles. The highest BCUT2D eigenvalue weighted by Gasteiger charge is 2.17. The third-order valence-electron chi connectivity index (χ3n) is 3.90. The minimum Gasteiger partial charge on any atom is -0.495 e. The van der Waals surface area contributed by atoms with Crippen molar-refractivity contribution in [2.45, 2.75) is 17.9 Å². The van der Waals surface area contributed by atoms with Gasteiger partial charge in [0, 0.05) is 11.1 Å². The lowest BCUT2D eigenvalue weighted by molar-refractivity contribution is -0.117. The quantitative estimate of drug-likeness (QED) is 0.689. The summed E-state index contributed by atoms with van der Waals surface area (Å²) in [6.07, 6.45) is 2.87. The maximum atomic E-state index is 12.2. The number of sulfonamides is 1. The molecule has 2 aromatic rings. The predicted molar refractivity (Wildman–Crippen MR) is 106 cm³/mol. The zero-order chi connectivity index (χ0) is 20.0. The van der Waals surface area contributed by atoms with Gasteiger partial charge in [0.2, 0.25) is 15.9 Å². The van der Waals surface area contributed by atoms with Crippen LogP contribution in [0.2, 0.25) is 5.02 Å². The van der Waals surface area contributed by atoms with Gasteiger partial charge in [-0.15, -0.1) is 0 Å². The van der Waals surface area contributed by atoms with Crippen LogP contribution in [0, 0.1) is 0 Å². The average Bonchev–Trinajstić information content (AvgIpc) is 2.66. The van der Waals surface area contributed by atoms with Gasteiger partial charge in [0.05, 0.1) is 13.2 Å². The summed E-state index contributed by atoms with van der Waals surface area (Å²) in [5.74, 6) is -0.102. The van der Waals surface area contributed by atoms with Gasteiger partial charge >= 0.3 is 0 Å². The molecule has 27 heavy (non-hydrogen) atoms. The van der Waals surface area contributed by atoms with Crippen LogP contribution in [0.25, 0.3) is 6.08 Å². The second-order valence-electron chi connectivity index (χ2n) is 5.70. The van der Waals surface area contributed by atoms with Crippen LogP contribution in [0.5, 0.6) is 5.75 Å². The lowest BCUT2D eigenvalue weighted by Crippen LogP contribution is -2.24. The topological polar surface area (TPSA) is 84.5 Å². The highest BCUT2D eigenvalue weighted by Crippen LogP contribution is 2.25. The Morgan fingerprint density at radius 3 is 2.56 bits per heavy atom. The van der Waals surface area contributed by atoms with Crippen LogP contribution >= 0.6 is 11.6 Å². The summed E-state index contributed by atoms with van der Waals surface area (Å²) in [5, 5.41) is 3.40. The molecule has 0 aliphatic rings.